The van der Waals surface area contributed by atoms with Gasteiger partial charge >= 0.3 is 0 Å². The summed E-state index contributed by atoms with van der Waals surface area (Å²) in [6, 6.07) is 1.68. The molecule has 1 heterocycles. The number of hydrogen-bond acceptors (Lipinski definition) is 3. The molecule has 0 fully saturated rings. The molecule has 1 atom stereocenters. The predicted molar refractivity (Wildman–Crippen MR) is 65.9 cm³/mol. The summed E-state index contributed by atoms with van der Waals surface area (Å²) in [4.78, 5) is 12.0. The summed E-state index contributed by atoms with van der Waals surface area (Å²) in [6.45, 7) is 3.94. The third-order valence-electron chi connectivity index (χ3n) is 3.03. The van der Waals surface area contributed by atoms with Crippen LogP contribution in [-0.2, 0) is 0 Å². The first-order valence-electron chi connectivity index (χ1n) is 5.69. The van der Waals surface area contributed by atoms with Crippen LogP contribution in [-0.4, -0.2) is 17.5 Å². The minimum absolute atomic E-state index is 0.0411. The maximum Gasteiger partial charge on any atom is 0.167 e. The topological polar surface area (TPSA) is 46.5 Å². The summed E-state index contributed by atoms with van der Waals surface area (Å²) in [5.41, 5.74) is 1.86. The maximum atomic E-state index is 12.0. The van der Waals surface area contributed by atoms with E-state index in [-0.39, 0.29) is 5.78 Å². The van der Waals surface area contributed by atoms with Gasteiger partial charge in [0.1, 0.15) is 5.75 Å². The molecule has 92 valence electrons. The highest BCUT2D eigenvalue weighted by atomic mass is 35.5. The standard InChI is InChI=1S/C13H15ClO3/c1-7-10(14)6-9(8(2)15)13-12(7)11(16)4-3-5-17-13/h6,8,15H,3-5H2,1-2H3. The molecule has 0 aromatic heterocycles. The molecule has 3 nitrogen and oxygen atoms in total. The second-order valence-corrected chi connectivity index (χ2v) is 4.74. The van der Waals surface area contributed by atoms with Crippen LogP contribution in [0.2, 0.25) is 5.02 Å². The van der Waals surface area contributed by atoms with Crippen LogP contribution in [0, 0.1) is 6.92 Å². The number of carbonyl (C=O) groups is 1. The highest BCUT2D eigenvalue weighted by Gasteiger charge is 2.25. The molecule has 17 heavy (non-hydrogen) atoms. The summed E-state index contributed by atoms with van der Waals surface area (Å²) >= 11 is 6.09. The Morgan fingerprint density at radius 2 is 2.24 bits per heavy atom. The van der Waals surface area contributed by atoms with Crippen molar-refractivity contribution in [2.45, 2.75) is 32.8 Å². The van der Waals surface area contributed by atoms with Gasteiger partial charge in [-0.1, -0.05) is 11.6 Å². The van der Waals surface area contributed by atoms with Crippen LogP contribution >= 0.6 is 11.6 Å². The molecule has 1 aromatic rings. The number of rotatable bonds is 1. The van der Waals surface area contributed by atoms with Crippen molar-refractivity contribution >= 4 is 17.4 Å². The van der Waals surface area contributed by atoms with Gasteiger partial charge < -0.3 is 9.84 Å². The molecule has 0 bridgehead atoms. The van der Waals surface area contributed by atoms with Crippen molar-refractivity contribution in [1.82, 2.24) is 0 Å². The van der Waals surface area contributed by atoms with Gasteiger partial charge in [-0.3, -0.25) is 4.79 Å². The fourth-order valence-corrected chi connectivity index (χ4v) is 2.29. The second kappa shape index (κ2) is 4.67. The van der Waals surface area contributed by atoms with E-state index in [0.717, 1.165) is 5.56 Å². The van der Waals surface area contributed by atoms with Gasteiger partial charge in [-0.2, -0.15) is 0 Å². The summed E-state index contributed by atoms with van der Waals surface area (Å²) in [6.07, 6.45) is 0.463. The molecular weight excluding hydrogens is 240 g/mol. The van der Waals surface area contributed by atoms with E-state index in [0.29, 0.717) is 41.3 Å². The average molecular weight is 255 g/mol. The highest BCUT2D eigenvalue weighted by molar-refractivity contribution is 6.32. The van der Waals surface area contributed by atoms with E-state index >= 15 is 0 Å². The van der Waals surface area contributed by atoms with E-state index in [4.69, 9.17) is 16.3 Å². The molecule has 0 saturated carbocycles. The van der Waals surface area contributed by atoms with Crippen molar-refractivity contribution in [1.29, 1.82) is 0 Å². The first-order chi connectivity index (χ1) is 8.02. The van der Waals surface area contributed by atoms with Gasteiger partial charge in [0.15, 0.2) is 5.78 Å². The first-order valence-corrected chi connectivity index (χ1v) is 6.07. The number of hydrogen-bond donors (Lipinski definition) is 1. The molecule has 1 aliphatic heterocycles. The van der Waals surface area contributed by atoms with Crippen LogP contribution in [0.5, 0.6) is 5.75 Å². The van der Waals surface area contributed by atoms with Crippen LogP contribution < -0.4 is 4.74 Å². The molecule has 0 saturated heterocycles. The van der Waals surface area contributed by atoms with Crippen LogP contribution in [0.1, 0.15) is 47.4 Å². The lowest BCUT2D eigenvalue weighted by atomic mass is 9.96. The molecule has 1 N–H and O–H groups in total. The molecule has 0 aliphatic carbocycles. The van der Waals surface area contributed by atoms with Gasteiger partial charge in [-0.25, -0.2) is 0 Å². The number of benzene rings is 1. The normalized spacial score (nSPS) is 17.1. The van der Waals surface area contributed by atoms with Crippen molar-refractivity contribution in [2.24, 2.45) is 0 Å². The lowest BCUT2D eigenvalue weighted by molar-refractivity contribution is 0.0982. The molecule has 1 aromatic carbocycles. The quantitative estimate of drug-likeness (QED) is 0.838. The van der Waals surface area contributed by atoms with Gasteiger partial charge in [-0.05, 0) is 31.9 Å². The number of ketones is 1. The Morgan fingerprint density at radius 1 is 1.53 bits per heavy atom. The zero-order chi connectivity index (χ0) is 12.6. The summed E-state index contributed by atoms with van der Waals surface area (Å²) in [5.74, 6) is 0.545. The Balaban J connectivity index is 2.71. The number of aliphatic hydroxyl groups is 1. The van der Waals surface area contributed by atoms with Crippen molar-refractivity contribution < 1.29 is 14.6 Å². The Labute approximate surface area is 105 Å². The van der Waals surface area contributed by atoms with E-state index in [2.05, 4.69) is 0 Å². The summed E-state index contributed by atoms with van der Waals surface area (Å²) < 4.78 is 5.61. The van der Waals surface area contributed by atoms with Crippen molar-refractivity contribution in [3.05, 3.63) is 27.8 Å². The third-order valence-corrected chi connectivity index (χ3v) is 3.42. The van der Waals surface area contributed by atoms with Crippen molar-refractivity contribution in [3.63, 3.8) is 0 Å². The van der Waals surface area contributed by atoms with E-state index in [1.807, 2.05) is 0 Å². The van der Waals surface area contributed by atoms with Crippen molar-refractivity contribution in [2.75, 3.05) is 6.61 Å². The van der Waals surface area contributed by atoms with E-state index in [1.165, 1.54) is 0 Å². The molecule has 0 amide bonds. The molecule has 0 radical (unpaired) electrons. The van der Waals surface area contributed by atoms with Crippen molar-refractivity contribution in [3.8, 4) is 5.75 Å². The summed E-state index contributed by atoms with van der Waals surface area (Å²) in [5, 5.41) is 10.2. The van der Waals surface area contributed by atoms with Gasteiger partial charge in [0, 0.05) is 17.0 Å². The molecule has 4 heteroatoms. The minimum Gasteiger partial charge on any atom is -0.492 e. The second-order valence-electron chi connectivity index (χ2n) is 4.33. The number of ether oxygens (including phenoxy) is 1. The zero-order valence-electron chi connectivity index (χ0n) is 9.92. The Hall–Kier alpha value is -1.06. The lowest BCUT2D eigenvalue weighted by Gasteiger charge is -2.17. The molecule has 1 unspecified atom stereocenters. The Morgan fingerprint density at radius 3 is 2.88 bits per heavy atom. The molecule has 0 spiro atoms. The minimum atomic E-state index is -0.701. The van der Waals surface area contributed by atoms with Crippen LogP contribution in [0.25, 0.3) is 0 Å². The fourth-order valence-electron chi connectivity index (χ4n) is 2.08. The lowest BCUT2D eigenvalue weighted by Crippen LogP contribution is -2.06. The molecular formula is C13H15ClO3. The number of Topliss-reactive ketones (excluding diaryl/α,β-unsaturated/α-hetero) is 1. The number of fused-ring (bicyclic) bond motifs is 1. The average Bonchev–Trinajstić information content (AvgIpc) is 2.45. The maximum absolute atomic E-state index is 12.0. The van der Waals surface area contributed by atoms with Gasteiger partial charge in [0.05, 0.1) is 18.3 Å². The van der Waals surface area contributed by atoms with E-state index in [1.54, 1.807) is 19.9 Å². The smallest absolute Gasteiger partial charge is 0.167 e. The third kappa shape index (κ3) is 2.17. The number of aliphatic hydroxyl groups excluding tert-OH is 1. The monoisotopic (exact) mass is 254 g/mol. The number of carbonyl (C=O) groups excluding carboxylic acids is 1. The molecule has 1 aliphatic rings. The number of halogens is 1. The van der Waals surface area contributed by atoms with Crippen LogP contribution in [0.3, 0.4) is 0 Å². The van der Waals surface area contributed by atoms with Gasteiger partial charge in [0.25, 0.3) is 0 Å². The molecule has 2 rings (SSSR count). The van der Waals surface area contributed by atoms with E-state index in [9.17, 15) is 9.90 Å². The Kier molecular flexibility index (Phi) is 3.40. The zero-order valence-corrected chi connectivity index (χ0v) is 10.7. The SMILES string of the molecule is Cc1c(Cl)cc(C(C)O)c2c1C(=O)CCCO2. The Bertz CT molecular complexity index is 466. The van der Waals surface area contributed by atoms with Gasteiger partial charge in [0.2, 0.25) is 0 Å². The van der Waals surface area contributed by atoms with Crippen LogP contribution in [0.15, 0.2) is 6.07 Å². The first kappa shape index (κ1) is 12.4. The fraction of sp³-hybridized carbons (Fsp3) is 0.462. The highest BCUT2D eigenvalue weighted by Crippen LogP contribution is 2.38. The predicted octanol–water partition coefficient (Wildman–Crippen LogP) is 3.06. The van der Waals surface area contributed by atoms with E-state index < -0.39 is 6.10 Å². The summed E-state index contributed by atoms with van der Waals surface area (Å²) in [7, 11) is 0. The largest absolute Gasteiger partial charge is 0.492 e. The van der Waals surface area contributed by atoms with Crippen LogP contribution in [0.4, 0.5) is 0 Å². The van der Waals surface area contributed by atoms with Gasteiger partial charge in [-0.15, -0.1) is 0 Å².